The van der Waals surface area contributed by atoms with E-state index in [0.717, 1.165) is 28.5 Å². The molecular formula is C20H22N4S. The first kappa shape index (κ1) is 16.2. The lowest BCUT2D eigenvalue weighted by Crippen LogP contribution is -2.23. The van der Waals surface area contributed by atoms with Crippen molar-refractivity contribution in [1.29, 1.82) is 0 Å². The van der Waals surface area contributed by atoms with Crippen molar-refractivity contribution < 1.29 is 0 Å². The van der Waals surface area contributed by atoms with Gasteiger partial charge in [-0.05, 0) is 37.3 Å². The second-order valence-electron chi connectivity index (χ2n) is 6.60. The van der Waals surface area contributed by atoms with Gasteiger partial charge in [-0.1, -0.05) is 25.3 Å². The minimum atomic E-state index is 0.534. The lowest BCUT2D eigenvalue weighted by molar-refractivity contribution is 0.462. The molecule has 25 heavy (non-hydrogen) atoms. The molecule has 3 aromatic heterocycles. The van der Waals surface area contributed by atoms with Crippen LogP contribution in [0.25, 0.3) is 21.7 Å². The standard InChI is InChI=1S/C20H22N4S/c1-14-22-18(11-20(23-14)24-17-6-3-2-4-7-17)15-10-16(13-21-12-15)19-8-5-9-25-19/h5,8-13,17H,2-4,6-7H2,1H3,(H,22,23,24). The molecule has 0 atom stereocenters. The van der Waals surface area contributed by atoms with Crippen LogP contribution in [0.5, 0.6) is 0 Å². The Morgan fingerprint density at radius 1 is 1.04 bits per heavy atom. The Morgan fingerprint density at radius 2 is 1.88 bits per heavy atom. The van der Waals surface area contributed by atoms with E-state index in [9.17, 15) is 0 Å². The minimum Gasteiger partial charge on any atom is -0.367 e. The Morgan fingerprint density at radius 3 is 2.68 bits per heavy atom. The summed E-state index contributed by atoms with van der Waals surface area (Å²) in [5, 5.41) is 5.69. The van der Waals surface area contributed by atoms with Crippen molar-refractivity contribution in [3.8, 4) is 21.7 Å². The highest BCUT2D eigenvalue weighted by Crippen LogP contribution is 2.29. The molecule has 1 fully saturated rings. The maximum absolute atomic E-state index is 4.63. The molecule has 3 heterocycles. The molecule has 0 amide bonds. The summed E-state index contributed by atoms with van der Waals surface area (Å²) in [6.07, 6.45) is 10.2. The topological polar surface area (TPSA) is 50.7 Å². The molecule has 0 radical (unpaired) electrons. The second kappa shape index (κ2) is 7.31. The van der Waals surface area contributed by atoms with Crippen molar-refractivity contribution in [2.24, 2.45) is 0 Å². The molecule has 0 aliphatic heterocycles. The molecular weight excluding hydrogens is 328 g/mol. The molecule has 5 heteroatoms. The summed E-state index contributed by atoms with van der Waals surface area (Å²) >= 11 is 1.72. The second-order valence-corrected chi connectivity index (χ2v) is 7.55. The minimum absolute atomic E-state index is 0.534. The summed E-state index contributed by atoms with van der Waals surface area (Å²) in [4.78, 5) is 14.9. The smallest absolute Gasteiger partial charge is 0.130 e. The van der Waals surface area contributed by atoms with Gasteiger partial charge in [0.15, 0.2) is 0 Å². The zero-order chi connectivity index (χ0) is 17.1. The van der Waals surface area contributed by atoms with Gasteiger partial charge in [0.05, 0.1) is 5.69 Å². The van der Waals surface area contributed by atoms with Gasteiger partial charge in [-0.2, -0.15) is 0 Å². The Labute approximate surface area is 152 Å². The number of anilines is 1. The largest absolute Gasteiger partial charge is 0.367 e. The third kappa shape index (κ3) is 3.87. The maximum Gasteiger partial charge on any atom is 0.130 e. The number of aromatic nitrogens is 3. The SMILES string of the molecule is Cc1nc(NC2CCCCC2)cc(-c2cncc(-c3cccs3)c2)n1. The van der Waals surface area contributed by atoms with Crippen LogP contribution in [0, 0.1) is 6.92 Å². The van der Waals surface area contributed by atoms with E-state index in [1.54, 1.807) is 11.3 Å². The highest BCUT2D eigenvalue weighted by Gasteiger charge is 2.15. The third-order valence-corrected chi connectivity index (χ3v) is 5.55. The summed E-state index contributed by atoms with van der Waals surface area (Å²) in [6, 6.07) is 8.92. The predicted octanol–water partition coefficient (Wildman–Crippen LogP) is 5.32. The number of aryl methyl sites for hydroxylation is 1. The van der Waals surface area contributed by atoms with Gasteiger partial charge in [0, 0.05) is 40.5 Å². The monoisotopic (exact) mass is 350 g/mol. The Balaban J connectivity index is 1.62. The van der Waals surface area contributed by atoms with Gasteiger partial charge in [-0.15, -0.1) is 11.3 Å². The molecule has 0 bridgehead atoms. The molecule has 4 nitrogen and oxygen atoms in total. The Kier molecular flexibility index (Phi) is 4.74. The highest BCUT2D eigenvalue weighted by molar-refractivity contribution is 7.13. The van der Waals surface area contributed by atoms with Crippen LogP contribution in [0.3, 0.4) is 0 Å². The quantitative estimate of drug-likeness (QED) is 0.692. The first-order valence-corrected chi connectivity index (χ1v) is 9.77. The molecule has 1 N–H and O–H groups in total. The molecule has 3 aromatic rings. The van der Waals surface area contributed by atoms with E-state index in [1.165, 1.54) is 37.0 Å². The van der Waals surface area contributed by atoms with E-state index in [2.05, 4.69) is 49.9 Å². The molecule has 1 saturated carbocycles. The van der Waals surface area contributed by atoms with Crippen molar-refractivity contribution in [1.82, 2.24) is 15.0 Å². The van der Waals surface area contributed by atoms with Gasteiger partial charge in [0.2, 0.25) is 0 Å². The lowest BCUT2D eigenvalue weighted by atomic mass is 9.95. The first-order chi connectivity index (χ1) is 12.3. The summed E-state index contributed by atoms with van der Waals surface area (Å²) < 4.78 is 0. The normalized spacial score (nSPS) is 15.2. The molecule has 0 spiro atoms. The number of thiophene rings is 1. The van der Waals surface area contributed by atoms with Gasteiger partial charge in [-0.25, -0.2) is 9.97 Å². The number of nitrogens with one attached hydrogen (secondary N) is 1. The van der Waals surface area contributed by atoms with Crippen molar-refractivity contribution in [3.63, 3.8) is 0 Å². The molecule has 1 aliphatic carbocycles. The summed E-state index contributed by atoms with van der Waals surface area (Å²) in [5.74, 6) is 1.72. The Hall–Kier alpha value is -2.27. The van der Waals surface area contributed by atoms with E-state index >= 15 is 0 Å². The van der Waals surface area contributed by atoms with Crippen LogP contribution in [0.4, 0.5) is 5.82 Å². The number of hydrogen-bond donors (Lipinski definition) is 1. The van der Waals surface area contributed by atoms with Crippen molar-refractivity contribution in [3.05, 3.63) is 47.9 Å². The zero-order valence-corrected chi connectivity index (χ0v) is 15.2. The fraction of sp³-hybridized carbons (Fsp3) is 0.350. The maximum atomic E-state index is 4.63. The first-order valence-electron chi connectivity index (χ1n) is 8.89. The number of nitrogens with zero attached hydrogens (tertiary/aromatic N) is 3. The van der Waals surface area contributed by atoms with E-state index in [1.807, 2.05) is 19.3 Å². The summed E-state index contributed by atoms with van der Waals surface area (Å²) in [6.45, 7) is 1.95. The fourth-order valence-electron chi connectivity index (χ4n) is 3.40. The number of pyridine rings is 1. The van der Waals surface area contributed by atoms with E-state index < -0.39 is 0 Å². The fourth-order valence-corrected chi connectivity index (χ4v) is 4.11. The molecule has 4 rings (SSSR count). The average molecular weight is 350 g/mol. The average Bonchev–Trinajstić information content (AvgIpc) is 3.17. The van der Waals surface area contributed by atoms with Crippen LogP contribution in [0.2, 0.25) is 0 Å². The highest BCUT2D eigenvalue weighted by atomic mass is 32.1. The van der Waals surface area contributed by atoms with Crippen LogP contribution in [0.1, 0.15) is 37.9 Å². The molecule has 0 unspecified atom stereocenters. The third-order valence-electron chi connectivity index (χ3n) is 4.63. The molecule has 0 aromatic carbocycles. The number of rotatable bonds is 4. The molecule has 0 saturated heterocycles. The summed E-state index contributed by atoms with van der Waals surface area (Å²) in [7, 11) is 0. The van der Waals surface area contributed by atoms with Crippen molar-refractivity contribution in [2.45, 2.75) is 45.1 Å². The Bertz CT molecular complexity index is 839. The van der Waals surface area contributed by atoms with Crippen LogP contribution in [-0.4, -0.2) is 21.0 Å². The van der Waals surface area contributed by atoms with Gasteiger partial charge < -0.3 is 5.32 Å². The molecule has 1 aliphatic rings. The van der Waals surface area contributed by atoms with Gasteiger partial charge >= 0.3 is 0 Å². The molecule has 128 valence electrons. The lowest BCUT2D eigenvalue weighted by Gasteiger charge is -2.23. The van der Waals surface area contributed by atoms with Crippen LogP contribution >= 0.6 is 11.3 Å². The van der Waals surface area contributed by atoms with Gasteiger partial charge in [-0.3, -0.25) is 4.98 Å². The van der Waals surface area contributed by atoms with Crippen LogP contribution < -0.4 is 5.32 Å². The zero-order valence-electron chi connectivity index (χ0n) is 14.4. The van der Waals surface area contributed by atoms with Crippen LogP contribution in [-0.2, 0) is 0 Å². The van der Waals surface area contributed by atoms with E-state index in [-0.39, 0.29) is 0 Å². The summed E-state index contributed by atoms with van der Waals surface area (Å²) in [5.41, 5.74) is 3.09. The van der Waals surface area contributed by atoms with Crippen LogP contribution in [0.15, 0.2) is 42.0 Å². The van der Waals surface area contributed by atoms with E-state index in [0.29, 0.717) is 6.04 Å². The van der Waals surface area contributed by atoms with E-state index in [4.69, 9.17) is 0 Å². The number of hydrogen-bond acceptors (Lipinski definition) is 5. The predicted molar refractivity (Wildman–Crippen MR) is 104 cm³/mol. The van der Waals surface area contributed by atoms with Gasteiger partial charge in [0.1, 0.15) is 11.6 Å². The van der Waals surface area contributed by atoms with Crippen molar-refractivity contribution in [2.75, 3.05) is 5.32 Å². The van der Waals surface area contributed by atoms with Crippen molar-refractivity contribution >= 4 is 17.2 Å². The van der Waals surface area contributed by atoms with Gasteiger partial charge in [0.25, 0.3) is 0 Å².